The average molecular weight is 252 g/mol. The Morgan fingerprint density at radius 1 is 1.44 bits per heavy atom. The fraction of sp³-hybridized carbons (Fsp3) is 0.462. The summed E-state index contributed by atoms with van der Waals surface area (Å²) in [6.45, 7) is 2.52. The lowest BCUT2D eigenvalue weighted by molar-refractivity contribution is -0.117. The Labute approximate surface area is 107 Å². The normalized spacial score (nSPS) is 11.9. The lowest BCUT2D eigenvalue weighted by Gasteiger charge is -2.13. The molecule has 1 amide bonds. The molecule has 0 aromatic heterocycles. The van der Waals surface area contributed by atoms with Gasteiger partial charge in [-0.3, -0.25) is 4.79 Å². The molecular formula is C13H20N2O3. The average Bonchev–Trinajstić information content (AvgIpc) is 2.31. The van der Waals surface area contributed by atoms with E-state index < -0.39 is 0 Å². The minimum Gasteiger partial charge on any atom is -0.494 e. The number of anilines is 2. The van der Waals surface area contributed by atoms with Crippen molar-refractivity contribution in [2.75, 3.05) is 31.9 Å². The fourth-order valence-electron chi connectivity index (χ4n) is 1.67. The number of hydrogen-bond donors (Lipinski definition) is 2. The van der Waals surface area contributed by atoms with Crippen LogP contribution in [0, 0.1) is 5.92 Å². The number of ether oxygens (including phenoxy) is 2. The van der Waals surface area contributed by atoms with Crippen molar-refractivity contribution < 1.29 is 14.3 Å². The molecule has 0 aliphatic heterocycles. The fourth-order valence-corrected chi connectivity index (χ4v) is 1.67. The van der Waals surface area contributed by atoms with Gasteiger partial charge < -0.3 is 20.5 Å². The summed E-state index contributed by atoms with van der Waals surface area (Å²) in [5.41, 5.74) is 6.87. The molecule has 18 heavy (non-hydrogen) atoms. The topological polar surface area (TPSA) is 73.6 Å². The Bertz CT molecular complexity index is 407. The van der Waals surface area contributed by atoms with Crippen LogP contribution in [-0.2, 0) is 9.53 Å². The summed E-state index contributed by atoms with van der Waals surface area (Å²) in [6, 6.07) is 5.12. The molecule has 1 unspecified atom stereocenters. The van der Waals surface area contributed by atoms with Crippen molar-refractivity contribution in [2.45, 2.75) is 13.3 Å². The number of rotatable bonds is 6. The zero-order valence-corrected chi connectivity index (χ0v) is 11.0. The Morgan fingerprint density at radius 2 is 2.17 bits per heavy atom. The van der Waals surface area contributed by atoms with E-state index >= 15 is 0 Å². The summed E-state index contributed by atoms with van der Waals surface area (Å²) >= 11 is 0. The Morgan fingerprint density at radius 3 is 2.78 bits per heavy atom. The SMILES string of the molecule is COCC(C)CC(=O)Nc1ccc(N)cc1OC. The maximum atomic E-state index is 11.8. The van der Waals surface area contributed by atoms with Gasteiger partial charge in [-0.05, 0) is 18.1 Å². The van der Waals surface area contributed by atoms with E-state index in [-0.39, 0.29) is 11.8 Å². The summed E-state index contributed by atoms with van der Waals surface area (Å²) in [4.78, 5) is 11.8. The molecule has 3 N–H and O–H groups in total. The molecule has 5 nitrogen and oxygen atoms in total. The highest BCUT2D eigenvalue weighted by molar-refractivity contribution is 5.92. The van der Waals surface area contributed by atoms with Crippen molar-refractivity contribution in [1.82, 2.24) is 0 Å². The van der Waals surface area contributed by atoms with E-state index in [1.54, 1.807) is 25.3 Å². The van der Waals surface area contributed by atoms with Crippen molar-refractivity contribution in [3.63, 3.8) is 0 Å². The molecule has 1 rings (SSSR count). The first-order valence-corrected chi connectivity index (χ1v) is 5.79. The van der Waals surface area contributed by atoms with E-state index in [9.17, 15) is 4.79 Å². The summed E-state index contributed by atoms with van der Waals surface area (Å²) in [5.74, 6) is 0.667. The van der Waals surface area contributed by atoms with Gasteiger partial charge in [0.1, 0.15) is 5.75 Å². The third-order valence-corrected chi connectivity index (χ3v) is 2.48. The van der Waals surface area contributed by atoms with E-state index in [0.717, 1.165) is 0 Å². The molecule has 0 radical (unpaired) electrons. The van der Waals surface area contributed by atoms with Gasteiger partial charge in [0.2, 0.25) is 5.91 Å². The lowest BCUT2D eigenvalue weighted by atomic mass is 10.1. The van der Waals surface area contributed by atoms with Crippen molar-refractivity contribution in [1.29, 1.82) is 0 Å². The highest BCUT2D eigenvalue weighted by atomic mass is 16.5. The molecule has 100 valence electrons. The maximum Gasteiger partial charge on any atom is 0.224 e. The second-order valence-corrected chi connectivity index (χ2v) is 4.27. The van der Waals surface area contributed by atoms with Gasteiger partial charge in [0.05, 0.1) is 12.8 Å². The Balaban J connectivity index is 2.64. The third-order valence-electron chi connectivity index (χ3n) is 2.48. The van der Waals surface area contributed by atoms with Crippen LogP contribution in [0.2, 0.25) is 0 Å². The van der Waals surface area contributed by atoms with Gasteiger partial charge in [0, 0.05) is 31.9 Å². The van der Waals surface area contributed by atoms with Crippen molar-refractivity contribution in [3.05, 3.63) is 18.2 Å². The van der Waals surface area contributed by atoms with Crippen LogP contribution >= 0.6 is 0 Å². The van der Waals surface area contributed by atoms with E-state index in [1.807, 2.05) is 6.92 Å². The van der Waals surface area contributed by atoms with Crippen molar-refractivity contribution in [2.24, 2.45) is 5.92 Å². The van der Waals surface area contributed by atoms with Crippen molar-refractivity contribution in [3.8, 4) is 5.75 Å². The molecule has 1 aromatic rings. The van der Waals surface area contributed by atoms with Gasteiger partial charge in [-0.2, -0.15) is 0 Å². The summed E-state index contributed by atoms with van der Waals surface area (Å²) in [6.07, 6.45) is 0.404. The zero-order chi connectivity index (χ0) is 13.5. The first kappa shape index (κ1) is 14.3. The molecule has 0 spiro atoms. The molecule has 0 bridgehead atoms. The van der Waals surface area contributed by atoms with Gasteiger partial charge in [0.25, 0.3) is 0 Å². The summed E-state index contributed by atoms with van der Waals surface area (Å²) in [7, 11) is 3.16. The number of nitrogens with one attached hydrogen (secondary N) is 1. The van der Waals surface area contributed by atoms with Crippen molar-refractivity contribution >= 4 is 17.3 Å². The molecule has 1 atom stereocenters. The molecule has 0 aliphatic rings. The summed E-state index contributed by atoms with van der Waals surface area (Å²) in [5, 5.41) is 2.80. The minimum atomic E-state index is -0.0670. The van der Waals surface area contributed by atoms with Gasteiger partial charge in [-0.1, -0.05) is 6.92 Å². The summed E-state index contributed by atoms with van der Waals surface area (Å²) < 4.78 is 10.2. The quantitative estimate of drug-likeness (QED) is 0.758. The molecular weight excluding hydrogens is 232 g/mol. The number of carbonyl (C=O) groups excluding carboxylic acids is 1. The number of hydrogen-bond acceptors (Lipinski definition) is 4. The van der Waals surface area contributed by atoms with Gasteiger partial charge >= 0.3 is 0 Å². The van der Waals surface area contributed by atoms with Gasteiger partial charge in [0.15, 0.2) is 0 Å². The van der Waals surface area contributed by atoms with Crippen LogP contribution in [0.5, 0.6) is 5.75 Å². The van der Waals surface area contributed by atoms with Crippen LogP contribution in [0.3, 0.4) is 0 Å². The van der Waals surface area contributed by atoms with E-state index in [0.29, 0.717) is 30.2 Å². The first-order chi connectivity index (χ1) is 8.56. The number of methoxy groups -OCH3 is 2. The first-order valence-electron chi connectivity index (χ1n) is 5.79. The second-order valence-electron chi connectivity index (χ2n) is 4.27. The van der Waals surface area contributed by atoms with Crippen LogP contribution in [-0.4, -0.2) is 26.7 Å². The number of nitrogens with two attached hydrogens (primary N) is 1. The molecule has 0 heterocycles. The van der Waals surface area contributed by atoms with Gasteiger partial charge in [-0.15, -0.1) is 0 Å². The maximum absolute atomic E-state index is 11.8. The monoisotopic (exact) mass is 252 g/mol. The number of benzene rings is 1. The van der Waals surface area contributed by atoms with Crippen LogP contribution in [0.25, 0.3) is 0 Å². The number of amides is 1. The molecule has 5 heteroatoms. The zero-order valence-electron chi connectivity index (χ0n) is 11.0. The standard InChI is InChI=1S/C13H20N2O3/c1-9(8-17-2)6-13(16)15-11-5-4-10(14)7-12(11)18-3/h4-5,7,9H,6,8,14H2,1-3H3,(H,15,16). The molecule has 0 saturated carbocycles. The molecule has 0 saturated heterocycles. The smallest absolute Gasteiger partial charge is 0.224 e. The predicted octanol–water partition coefficient (Wildman–Crippen LogP) is 1.89. The number of nitrogen functional groups attached to an aromatic ring is 1. The van der Waals surface area contributed by atoms with Gasteiger partial charge in [-0.25, -0.2) is 0 Å². The van der Waals surface area contributed by atoms with E-state index in [4.69, 9.17) is 15.2 Å². The van der Waals surface area contributed by atoms with Crippen LogP contribution in [0.1, 0.15) is 13.3 Å². The molecule has 0 fully saturated rings. The van der Waals surface area contributed by atoms with Crippen LogP contribution in [0.15, 0.2) is 18.2 Å². The largest absolute Gasteiger partial charge is 0.494 e. The Kier molecular flexibility index (Phi) is 5.45. The molecule has 1 aromatic carbocycles. The highest BCUT2D eigenvalue weighted by Crippen LogP contribution is 2.26. The molecule has 0 aliphatic carbocycles. The van der Waals surface area contributed by atoms with Crippen LogP contribution < -0.4 is 15.8 Å². The van der Waals surface area contributed by atoms with E-state index in [1.165, 1.54) is 7.11 Å². The Hall–Kier alpha value is -1.75. The second kappa shape index (κ2) is 6.86. The minimum absolute atomic E-state index is 0.0670. The van der Waals surface area contributed by atoms with E-state index in [2.05, 4.69) is 5.32 Å². The number of carbonyl (C=O) groups is 1. The predicted molar refractivity (Wildman–Crippen MR) is 71.7 cm³/mol. The lowest BCUT2D eigenvalue weighted by Crippen LogP contribution is -2.18. The third kappa shape index (κ3) is 4.25. The van der Waals surface area contributed by atoms with Crippen LogP contribution in [0.4, 0.5) is 11.4 Å². The highest BCUT2D eigenvalue weighted by Gasteiger charge is 2.11.